The maximum atomic E-state index is 11.0. The molecular weight excluding hydrogens is 512 g/mol. The minimum atomic E-state index is -1.04. The van der Waals surface area contributed by atoms with Crippen LogP contribution in [0, 0.1) is 6.92 Å². The average molecular weight is 549 g/mol. The molecule has 0 aliphatic heterocycles. The monoisotopic (exact) mass is 548 g/mol. The number of benzene rings is 4. The number of aliphatic hydroxyl groups excluding tert-OH is 1. The number of aliphatic hydroxyl groups is 1. The average Bonchev–Trinajstić information content (AvgIpc) is 3.53. The lowest BCUT2D eigenvalue weighted by Gasteiger charge is -2.23. The van der Waals surface area contributed by atoms with Gasteiger partial charge in [-0.05, 0) is 84.3 Å². The molecule has 5 rings (SSSR count). The fourth-order valence-electron chi connectivity index (χ4n) is 4.84. The van der Waals surface area contributed by atoms with Gasteiger partial charge in [-0.25, -0.2) is 0 Å². The Morgan fingerprint density at radius 1 is 0.878 bits per heavy atom. The molecule has 0 saturated carbocycles. The molecule has 0 spiro atoms. The molecule has 0 aliphatic carbocycles. The fraction of sp³-hybridized carbons (Fsp3) is 0.242. The third kappa shape index (κ3) is 7.29. The van der Waals surface area contributed by atoms with Crippen LogP contribution < -0.4 is 15.4 Å². The summed E-state index contributed by atoms with van der Waals surface area (Å²) < 4.78 is 6.34. The van der Waals surface area contributed by atoms with Gasteiger partial charge in [0.2, 0.25) is 12.2 Å². The van der Waals surface area contributed by atoms with Crippen LogP contribution in [-0.4, -0.2) is 38.7 Å². The third-order valence-corrected chi connectivity index (χ3v) is 6.84. The van der Waals surface area contributed by atoms with E-state index in [1.54, 1.807) is 0 Å². The fourth-order valence-corrected chi connectivity index (χ4v) is 4.84. The first-order valence-electron chi connectivity index (χ1n) is 14.1. The van der Waals surface area contributed by atoms with E-state index in [-0.39, 0.29) is 0 Å². The Hall–Kier alpha value is -4.69. The van der Waals surface area contributed by atoms with Gasteiger partial charge in [-0.15, -0.1) is 10.2 Å². The van der Waals surface area contributed by atoms with Gasteiger partial charge in [0, 0.05) is 11.3 Å². The second kappa shape index (κ2) is 13.6. The Kier molecular flexibility index (Phi) is 9.23. The highest BCUT2D eigenvalue weighted by atomic mass is 16.5. The van der Waals surface area contributed by atoms with Crippen LogP contribution in [0.5, 0.6) is 5.75 Å². The molecule has 1 unspecified atom stereocenters. The van der Waals surface area contributed by atoms with Crippen molar-refractivity contribution in [2.45, 2.75) is 45.9 Å². The van der Waals surface area contributed by atoms with Crippen LogP contribution in [0.15, 0.2) is 91.0 Å². The summed E-state index contributed by atoms with van der Waals surface area (Å²) >= 11 is 0. The zero-order valence-electron chi connectivity index (χ0n) is 23.5. The van der Waals surface area contributed by atoms with E-state index in [1.165, 1.54) is 5.56 Å². The number of aryl methyl sites for hydroxylation is 3. The van der Waals surface area contributed by atoms with Crippen LogP contribution in [-0.2, 0) is 12.8 Å². The van der Waals surface area contributed by atoms with E-state index in [0.29, 0.717) is 18.1 Å². The predicted octanol–water partition coefficient (Wildman–Crippen LogP) is 6.61. The van der Waals surface area contributed by atoms with Gasteiger partial charge in [0.05, 0.1) is 12.3 Å². The molecule has 4 aromatic carbocycles. The summed E-state index contributed by atoms with van der Waals surface area (Å²) in [6.45, 7) is 4.69. The van der Waals surface area contributed by atoms with Crippen molar-refractivity contribution < 1.29 is 9.84 Å². The second-order valence-corrected chi connectivity index (χ2v) is 10.0. The van der Waals surface area contributed by atoms with Crippen molar-refractivity contribution in [3.05, 3.63) is 108 Å². The first-order chi connectivity index (χ1) is 20.1. The largest absolute Gasteiger partial charge is 0.491 e. The van der Waals surface area contributed by atoms with Crippen molar-refractivity contribution in [2.75, 3.05) is 17.2 Å². The van der Waals surface area contributed by atoms with E-state index in [1.807, 2.05) is 67.6 Å². The minimum Gasteiger partial charge on any atom is -0.491 e. The van der Waals surface area contributed by atoms with Gasteiger partial charge < -0.3 is 20.5 Å². The lowest BCUT2D eigenvalue weighted by atomic mass is 9.94. The number of H-pyrrole nitrogens is 1. The normalized spacial score (nSPS) is 11.7. The van der Waals surface area contributed by atoms with E-state index >= 15 is 0 Å². The molecule has 0 aliphatic rings. The summed E-state index contributed by atoms with van der Waals surface area (Å²) in [5.41, 5.74) is 7.84. The zero-order chi connectivity index (χ0) is 28.4. The number of ether oxygens (including phenoxy) is 1. The van der Waals surface area contributed by atoms with Crippen molar-refractivity contribution in [3.63, 3.8) is 0 Å². The molecule has 1 atom stereocenters. The van der Waals surface area contributed by atoms with E-state index in [9.17, 15) is 5.11 Å². The highest BCUT2D eigenvalue weighted by Crippen LogP contribution is 2.39. The van der Waals surface area contributed by atoms with Gasteiger partial charge >= 0.3 is 0 Å². The zero-order valence-corrected chi connectivity index (χ0v) is 23.5. The standard InChI is InChI=1S/C33H36N6O2/c1-3-20-41-31-25(13-9-12-24-10-5-4-6-11-24)21-26(28-14-7-8-15-29(28)32-36-38-39-37-32)22-30(31)35-33(40)34-27-18-16-23(2)17-19-27/h4-8,10-11,14-19,21-22,33-35,40H,3,9,12-13,20H2,1-2H3,(H,36,37,38,39). The number of nitrogens with zero attached hydrogens (tertiary/aromatic N) is 3. The number of aromatic nitrogens is 4. The molecule has 0 amide bonds. The molecule has 0 radical (unpaired) electrons. The predicted molar refractivity (Wildman–Crippen MR) is 164 cm³/mol. The Labute approximate surface area is 240 Å². The van der Waals surface area contributed by atoms with E-state index in [0.717, 1.165) is 64.9 Å². The Bertz CT molecular complexity index is 1520. The van der Waals surface area contributed by atoms with Gasteiger partial charge in [-0.2, -0.15) is 5.21 Å². The van der Waals surface area contributed by atoms with E-state index in [2.05, 4.69) is 68.5 Å². The smallest absolute Gasteiger partial charge is 0.205 e. The molecule has 41 heavy (non-hydrogen) atoms. The first kappa shape index (κ1) is 27.9. The molecule has 0 bridgehead atoms. The Balaban J connectivity index is 1.52. The molecule has 4 N–H and O–H groups in total. The number of aromatic amines is 1. The summed E-state index contributed by atoms with van der Waals surface area (Å²) in [7, 11) is 0. The molecule has 1 aromatic heterocycles. The minimum absolute atomic E-state index is 0.521. The Morgan fingerprint density at radius 3 is 2.37 bits per heavy atom. The molecule has 1 heterocycles. The molecular formula is C33H36N6O2. The number of hydrogen-bond acceptors (Lipinski definition) is 7. The summed E-state index contributed by atoms with van der Waals surface area (Å²) in [5.74, 6) is 1.28. The van der Waals surface area contributed by atoms with Gasteiger partial charge in [0.15, 0.2) is 0 Å². The van der Waals surface area contributed by atoms with Gasteiger partial charge in [-0.1, -0.05) is 79.2 Å². The van der Waals surface area contributed by atoms with Gasteiger partial charge in [0.25, 0.3) is 0 Å². The molecule has 0 saturated heterocycles. The quantitative estimate of drug-likeness (QED) is 0.123. The Morgan fingerprint density at radius 2 is 1.63 bits per heavy atom. The van der Waals surface area contributed by atoms with Crippen molar-refractivity contribution in [1.29, 1.82) is 0 Å². The summed E-state index contributed by atoms with van der Waals surface area (Å²) in [5, 5.41) is 32.2. The molecule has 5 aromatic rings. The number of rotatable bonds is 13. The van der Waals surface area contributed by atoms with Crippen LogP contribution >= 0.6 is 0 Å². The second-order valence-electron chi connectivity index (χ2n) is 10.0. The van der Waals surface area contributed by atoms with E-state index in [4.69, 9.17) is 4.74 Å². The maximum absolute atomic E-state index is 11.0. The number of nitrogens with one attached hydrogen (secondary N) is 3. The SMILES string of the molecule is CCCOc1c(CCCc2ccccc2)cc(-c2ccccc2-c2nn[nH]n2)cc1NC(O)Nc1ccc(C)cc1. The van der Waals surface area contributed by atoms with Crippen molar-refractivity contribution in [1.82, 2.24) is 20.6 Å². The van der Waals surface area contributed by atoms with Crippen molar-refractivity contribution in [2.24, 2.45) is 0 Å². The molecule has 8 nitrogen and oxygen atoms in total. The van der Waals surface area contributed by atoms with Gasteiger partial charge in [0.1, 0.15) is 5.75 Å². The van der Waals surface area contributed by atoms with Crippen LogP contribution in [0.4, 0.5) is 11.4 Å². The third-order valence-electron chi connectivity index (χ3n) is 6.84. The first-order valence-corrected chi connectivity index (χ1v) is 14.1. The van der Waals surface area contributed by atoms with Crippen LogP contribution in [0.1, 0.15) is 36.5 Å². The highest BCUT2D eigenvalue weighted by molar-refractivity contribution is 5.84. The van der Waals surface area contributed by atoms with Crippen molar-refractivity contribution in [3.8, 4) is 28.3 Å². The van der Waals surface area contributed by atoms with Gasteiger partial charge in [-0.3, -0.25) is 0 Å². The number of tetrazole rings is 1. The summed E-state index contributed by atoms with van der Waals surface area (Å²) in [6.07, 6.45) is 2.55. The van der Waals surface area contributed by atoms with Crippen molar-refractivity contribution >= 4 is 11.4 Å². The highest BCUT2D eigenvalue weighted by Gasteiger charge is 2.19. The lowest BCUT2D eigenvalue weighted by Crippen LogP contribution is -2.28. The maximum Gasteiger partial charge on any atom is 0.205 e. The molecule has 0 fully saturated rings. The molecule has 210 valence electrons. The van der Waals surface area contributed by atoms with Crippen LogP contribution in [0.25, 0.3) is 22.5 Å². The number of anilines is 2. The van der Waals surface area contributed by atoms with Crippen LogP contribution in [0.2, 0.25) is 0 Å². The summed E-state index contributed by atoms with van der Waals surface area (Å²) in [6, 6.07) is 30.6. The molecule has 8 heteroatoms. The summed E-state index contributed by atoms with van der Waals surface area (Å²) in [4.78, 5) is 0. The van der Waals surface area contributed by atoms with E-state index < -0.39 is 6.35 Å². The number of hydrogen-bond donors (Lipinski definition) is 4. The topological polar surface area (TPSA) is 108 Å². The van der Waals surface area contributed by atoms with Crippen LogP contribution in [0.3, 0.4) is 0 Å². The lowest BCUT2D eigenvalue weighted by molar-refractivity contribution is 0.231.